The van der Waals surface area contributed by atoms with E-state index in [1.165, 1.54) is 28.6 Å². The Balaban J connectivity index is 2.01. The topological polar surface area (TPSA) is 74.7 Å². The van der Waals surface area contributed by atoms with Gasteiger partial charge in [0.2, 0.25) is 10.0 Å². The van der Waals surface area contributed by atoms with Crippen molar-refractivity contribution < 1.29 is 18.3 Å². The summed E-state index contributed by atoms with van der Waals surface area (Å²) < 4.78 is 27.6. The van der Waals surface area contributed by atoms with E-state index in [0.717, 1.165) is 11.1 Å². The van der Waals surface area contributed by atoms with E-state index in [4.69, 9.17) is 5.11 Å². The van der Waals surface area contributed by atoms with Crippen LogP contribution in [0.1, 0.15) is 35.3 Å². The molecule has 0 bridgehead atoms. The number of carbonyl (C=O) groups is 1. The fourth-order valence-electron chi connectivity index (χ4n) is 3.11. The zero-order valence-electron chi connectivity index (χ0n) is 13.6. The van der Waals surface area contributed by atoms with Crippen molar-refractivity contribution >= 4 is 16.0 Å². The van der Waals surface area contributed by atoms with Crippen molar-refractivity contribution in [1.82, 2.24) is 4.31 Å². The van der Waals surface area contributed by atoms with Crippen LogP contribution in [0.5, 0.6) is 0 Å². The Kier molecular flexibility index (Phi) is 3.97. The van der Waals surface area contributed by atoms with Gasteiger partial charge < -0.3 is 5.11 Å². The second-order valence-corrected chi connectivity index (χ2v) is 8.46. The van der Waals surface area contributed by atoms with Gasteiger partial charge in [-0.25, -0.2) is 13.2 Å². The van der Waals surface area contributed by atoms with E-state index in [1.54, 1.807) is 0 Å². The molecule has 0 aliphatic carbocycles. The first kappa shape index (κ1) is 16.7. The third-order valence-electron chi connectivity index (χ3n) is 4.42. The summed E-state index contributed by atoms with van der Waals surface area (Å²) in [5.41, 5.74) is 1.67. The van der Waals surface area contributed by atoms with Gasteiger partial charge in [0.1, 0.15) is 0 Å². The highest BCUT2D eigenvalue weighted by Gasteiger charge is 2.40. The molecule has 0 radical (unpaired) electrons. The molecule has 1 heterocycles. The second kappa shape index (κ2) is 5.72. The summed E-state index contributed by atoms with van der Waals surface area (Å²) in [4.78, 5) is 11.1. The van der Waals surface area contributed by atoms with E-state index in [0.29, 0.717) is 13.0 Å². The van der Waals surface area contributed by atoms with Crippen LogP contribution >= 0.6 is 0 Å². The maximum Gasteiger partial charge on any atom is 0.335 e. The van der Waals surface area contributed by atoms with E-state index in [1.807, 2.05) is 38.1 Å². The van der Waals surface area contributed by atoms with Gasteiger partial charge in [0.25, 0.3) is 0 Å². The minimum Gasteiger partial charge on any atom is -0.478 e. The maximum absolute atomic E-state index is 13.1. The number of benzene rings is 2. The van der Waals surface area contributed by atoms with Crippen LogP contribution in [0.2, 0.25) is 0 Å². The molecule has 0 aromatic heterocycles. The van der Waals surface area contributed by atoms with Gasteiger partial charge in [-0.3, -0.25) is 0 Å². The Morgan fingerprint density at radius 2 is 1.62 bits per heavy atom. The van der Waals surface area contributed by atoms with E-state index in [-0.39, 0.29) is 10.5 Å². The van der Waals surface area contributed by atoms with Crippen molar-refractivity contribution in [2.75, 3.05) is 0 Å². The molecule has 2 aromatic rings. The molecular formula is C18H19NO4S. The average Bonchev–Trinajstić information content (AvgIpc) is 2.53. The monoisotopic (exact) mass is 345 g/mol. The van der Waals surface area contributed by atoms with Crippen LogP contribution < -0.4 is 0 Å². The van der Waals surface area contributed by atoms with E-state index in [9.17, 15) is 13.2 Å². The van der Waals surface area contributed by atoms with Gasteiger partial charge in [0.15, 0.2) is 0 Å². The zero-order valence-corrected chi connectivity index (χ0v) is 14.4. The van der Waals surface area contributed by atoms with E-state index in [2.05, 4.69) is 0 Å². The van der Waals surface area contributed by atoms with E-state index < -0.39 is 21.5 Å². The van der Waals surface area contributed by atoms with Gasteiger partial charge in [-0.1, -0.05) is 24.3 Å². The number of carboxylic acid groups (broad SMARTS) is 1. The zero-order chi connectivity index (χ0) is 17.5. The summed E-state index contributed by atoms with van der Waals surface area (Å²) in [7, 11) is -3.71. The molecule has 5 nitrogen and oxygen atoms in total. The van der Waals surface area contributed by atoms with Crippen molar-refractivity contribution in [3.05, 3.63) is 65.2 Å². The van der Waals surface area contributed by atoms with Gasteiger partial charge in [0, 0.05) is 12.1 Å². The SMILES string of the molecule is CC1(C)Cc2ccccc2CN1S(=O)(=O)c1ccc(C(=O)O)cc1. The maximum atomic E-state index is 13.1. The molecule has 126 valence electrons. The third-order valence-corrected chi connectivity index (χ3v) is 6.49. The average molecular weight is 345 g/mol. The number of rotatable bonds is 3. The van der Waals surface area contributed by atoms with Crippen molar-refractivity contribution in [3.8, 4) is 0 Å². The van der Waals surface area contributed by atoms with E-state index >= 15 is 0 Å². The fraction of sp³-hybridized carbons (Fsp3) is 0.278. The molecule has 6 heteroatoms. The van der Waals surface area contributed by atoms with Crippen LogP contribution in [0.4, 0.5) is 0 Å². The van der Waals surface area contributed by atoms with Crippen LogP contribution in [-0.2, 0) is 23.0 Å². The summed E-state index contributed by atoms with van der Waals surface area (Å²) in [6.07, 6.45) is 0.635. The second-order valence-electron chi connectivity index (χ2n) is 6.60. The molecule has 0 saturated heterocycles. The Hall–Kier alpha value is -2.18. The van der Waals surface area contributed by atoms with Crippen LogP contribution in [-0.4, -0.2) is 29.3 Å². The summed E-state index contributed by atoms with van der Waals surface area (Å²) >= 11 is 0. The van der Waals surface area contributed by atoms with Gasteiger partial charge in [-0.15, -0.1) is 0 Å². The van der Waals surface area contributed by atoms with Gasteiger partial charge in [0.05, 0.1) is 10.5 Å². The van der Waals surface area contributed by atoms with Crippen molar-refractivity contribution in [2.24, 2.45) is 0 Å². The number of sulfonamides is 1. The minimum absolute atomic E-state index is 0.0669. The largest absolute Gasteiger partial charge is 0.478 e. The molecule has 0 atom stereocenters. The lowest BCUT2D eigenvalue weighted by atomic mass is 9.88. The molecule has 0 unspecified atom stereocenters. The standard InChI is InChI=1S/C18H19NO4S/c1-18(2)11-14-5-3-4-6-15(14)12-19(18)24(22,23)16-9-7-13(8-10-16)17(20)21/h3-10H,11-12H2,1-2H3,(H,20,21). The number of aromatic carboxylic acids is 1. The third kappa shape index (κ3) is 2.83. The van der Waals surface area contributed by atoms with Gasteiger partial charge in [-0.2, -0.15) is 4.31 Å². The highest BCUT2D eigenvalue weighted by atomic mass is 32.2. The molecule has 1 aliphatic heterocycles. The first-order chi connectivity index (χ1) is 11.2. The predicted octanol–water partition coefficient (Wildman–Crippen LogP) is 2.91. The Labute approximate surface area is 141 Å². The normalized spacial score (nSPS) is 17.2. The van der Waals surface area contributed by atoms with Crippen LogP contribution in [0.3, 0.4) is 0 Å². The van der Waals surface area contributed by atoms with Crippen LogP contribution in [0.15, 0.2) is 53.4 Å². The summed E-state index contributed by atoms with van der Waals surface area (Å²) in [5.74, 6) is -1.08. The van der Waals surface area contributed by atoms with Crippen LogP contribution in [0, 0.1) is 0 Å². The number of nitrogens with zero attached hydrogens (tertiary/aromatic N) is 1. The number of hydrogen-bond acceptors (Lipinski definition) is 3. The molecule has 1 aliphatic rings. The quantitative estimate of drug-likeness (QED) is 0.928. The lowest BCUT2D eigenvalue weighted by molar-refractivity contribution is 0.0696. The molecule has 3 rings (SSSR count). The molecule has 2 aromatic carbocycles. The highest BCUT2D eigenvalue weighted by molar-refractivity contribution is 7.89. The minimum atomic E-state index is -3.71. The predicted molar refractivity (Wildman–Crippen MR) is 90.4 cm³/mol. The lowest BCUT2D eigenvalue weighted by Gasteiger charge is -2.42. The fourth-order valence-corrected chi connectivity index (χ4v) is 4.87. The molecule has 0 fully saturated rings. The lowest BCUT2D eigenvalue weighted by Crippen LogP contribution is -2.51. The molecule has 1 N–H and O–H groups in total. The molecule has 24 heavy (non-hydrogen) atoms. The van der Waals surface area contributed by atoms with Crippen molar-refractivity contribution in [2.45, 2.75) is 37.2 Å². The number of fused-ring (bicyclic) bond motifs is 1. The molecule has 0 spiro atoms. The number of carboxylic acids is 1. The van der Waals surface area contributed by atoms with Gasteiger partial charge >= 0.3 is 5.97 Å². The smallest absolute Gasteiger partial charge is 0.335 e. The Bertz CT molecular complexity index is 885. The molecule has 0 saturated carbocycles. The van der Waals surface area contributed by atoms with Gasteiger partial charge in [-0.05, 0) is 55.7 Å². The summed E-state index contributed by atoms with van der Waals surface area (Å²) in [5, 5.41) is 8.96. The Morgan fingerprint density at radius 3 is 2.21 bits per heavy atom. The summed E-state index contributed by atoms with van der Waals surface area (Å²) in [6, 6.07) is 13.2. The van der Waals surface area contributed by atoms with Crippen molar-refractivity contribution in [1.29, 1.82) is 0 Å². The number of hydrogen-bond donors (Lipinski definition) is 1. The molecule has 0 amide bonds. The first-order valence-electron chi connectivity index (χ1n) is 7.65. The van der Waals surface area contributed by atoms with Crippen molar-refractivity contribution in [3.63, 3.8) is 0 Å². The summed E-state index contributed by atoms with van der Waals surface area (Å²) in [6.45, 7) is 4.13. The molecular weight excluding hydrogens is 326 g/mol. The highest BCUT2D eigenvalue weighted by Crippen LogP contribution is 2.35. The Morgan fingerprint density at radius 1 is 1.04 bits per heavy atom. The van der Waals surface area contributed by atoms with Crippen LogP contribution in [0.25, 0.3) is 0 Å². The first-order valence-corrected chi connectivity index (χ1v) is 9.09.